The number of nitriles is 1. The van der Waals surface area contributed by atoms with Crippen LogP contribution in [0.3, 0.4) is 0 Å². The Hall–Kier alpha value is -1.90. The van der Waals surface area contributed by atoms with Crippen molar-refractivity contribution in [1.29, 1.82) is 5.26 Å². The van der Waals surface area contributed by atoms with E-state index in [0.29, 0.717) is 17.3 Å². The van der Waals surface area contributed by atoms with Crippen LogP contribution in [-0.4, -0.2) is 15.7 Å². The maximum atomic E-state index is 12.7. The summed E-state index contributed by atoms with van der Waals surface area (Å²) in [5.74, 6) is 0.308. The van der Waals surface area contributed by atoms with Gasteiger partial charge in [-0.15, -0.1) is 0 Å². The molecule has 0 spiro atoms. The number of allylic oxidation sites excluding steroid dienone is 1. The van der Waals surface area contributed by atoms with Gasteiger partial charge in [0.2, 0.25) is 0 Å². The zero-order valence-corrected chi connectivity index (χ0v) is 21.2. The molecular formula is C22H16ClI2N3O2. The largest absolute Gasteiger partial charge is 0.487 e. The molecule has 0 amide bonds. The van der Waals surface area contributed by atoms with Crippen molar-refractivity contribution in [3.63, 3.8) is 0 Å². The number of halogens is 3. The number of aromatic nitrogens is 2. The smallest absolute Gasteiger partial charge is 0.289 e. The first kappa shape index (κ1) is 22.8. The molecule has 1 heterocycles. The molecule has 30 heavy (non-hydrogen) atoms. The van der Waals surface area contributed by atoms with Gasteiger partial charge in [0.25, 0.3) is 5.91 Å². The summed E-state index contributed by atoms with van der Waals surface area (Å²) in [6.07, 6.45) is 1.58. The molecule has 5 nitrogen and oxygen atoms in total. The monoisotopic (exact) mass is 643 g/mol. The molecule has 0 aliphatic rings. The van der Waals surface area contributed by atoms with Gasteiger partial charge in [0.05, 0.1) is 12.8 Å². The van der Waals surface area contributed by atoms with E-state index in [0.717, 1.165) is 29.7 Å². The number of carbonyl (C=O) groups is 1. The number of ether oxygens (including phenoxy) is 1. The van der Waals surface area contributed by atoms with Crippen LogP contribution in [-0.2, 0) is 6.61 Å². The summed E-state index contributed by atoms with van der Waals surface area (Å²) in [4.78, 5) is 12.7. The Balaban J connectivity index is 1.84. The molecule has 0 unspecified atom stereocenters. The molecule has 0 bridgehead atoms. The Bertz CT molecular complexity index is 1160. The Morgan fingerprint density at radius 1 is 1.20 bits per heavy atom. The van der Waals surface area contributed by atoms with E-state index in [2.05, 4.69) is 50.3 Å². The fourth-order valence-corrected chi connectivity index (χ4v) is 5.05. The highest BCUT2D eigenvalue weighted by Gasteiger charge is 2.16. The highest BCUT2D eigenvalue weighted by Crippen LogP contribution is 2.30. The van der Waals surface area contributed by atoms with Crippen molar-refractivity contribution in [1.82, 2.24) is 9.78 Å². The van der Waals surface area contributed by atoms with E-state index >= 15 is 0 Å². The number of carbonyl (C=O) groups excluding carboxylic acids is 1. The van der Waals surface area contributed by atoms with Crippen molar-refractivity contribution in [2.24, 2.45) is 0 Å². The maximum Gasteiger partial charge on any atom is 0.289 e. The lowest BCUT2D eigenvalue weighted by molar-refractivity contribution is 0.0943. The highest BCUT2D eigenvalue weighted by molar-refractivity contribution is 14.1. The van der Waals surface area contributed by atoms with Crippen molar-refractivity contribution < 1.29 is 9.53 Å². The molecule has 0 fully saturated rings. The molecule has 3 aromatic rings. The van der Waals surface area contributed by atoms with Gasteiger partial charge in [0, 0.05) is 10.7 Å². The number of aryl methyl sites for hydroxylation is 2. The standard InChI is InChI=1S/C22H16ClI2N3O2/c1-13-7-14(2)28(27-13)22(29)17(11-26)8-16-9-19(24)21(20(25)10-16)30-12-15-3-5-18(23)6-4-15/h3-10H,12H2,1-2H3/b17-8+. The van der Waals surface area contributed by atoms with Crippen LogP contribution < -0.4 is 4.74 Å². The lowest BCUT2D eigenvalue weighted by Crippen LogP contribution is -2.15. The quantitative estimate of drug-likeness (QED) is 0.189. The van der Waals surface area contributed by atoms with E-state index in [1.165, 1.54) is 4.68 Å². The van der Waals surface area contributed by atoms with Crippen molar-refractivity contribution in [3.8, 4) is 11.8 Å². The Morgan fingerprint density at radius 2 is 1.83 bits per heavy atom. The minimum atomic E-state index is -0.448. The molecule has 0 aliphatic carbocycles. The van der Waals surface area contributed by atoms with Crippen LogP contribution in [0.25, 0.3) is 6.08 Å². The molecule has 8 heteroatoms. The summed E-state index contributed by atoms with van der Waals surface area (Å²) in [5, 5.41) is 14.4. The van der Waals surface area contributed by atoms with Gasteiger partial charge in [-0.1, -0.05) is 23.7 Å². The van der Waals surface area contributed by atoms with Crippen LogP contribution >= 0.6 is 56.8 Å². The fourth-order valence-electron chi connectivity index (χ4n) is 2.79. The van der Waals surface area contributed by atoms with Gasteiger partial charge in [-0.2, -0.15) is 10.4 Å². The van der Waals surface area contributed by atoms with Crippen LogP contribution in [0.2, 0.25) is 5.02 Å². The Labute approximate surface area is 207 Å². The van der Waals surface area contributed by atoms with E-state index in [1.54, 1.807) is 26.0 Å². The molecule has 3 rings (SSSR count). The van der Waals surface area contributed by atoms with Gasteiger partial charge in [-0.25, -0.2) is 4.68 Å². The van der Waals surface area contributed by atoms with Crippen LogP contribution in [0.5, 0.6) is 5.75 Å². The van der Waals surface area contributed by atoms with Gasteiger partial charge >= 0.3 is 0 Å². The minimum Gasteiger partial charge on any atom is -0.487 e. The molecule has 0 N–H and O–H groups in total. The Kier molecular flexibility index (Phi) is 7.55. The normalized spacial score (nSPS) is 11.3. The second kappa shape index (κ2) is 9.94. The first-order chi connectivity index (χ1) is 14.3. The topological polar surface area (TPSA) is 67.9 Å². The number of benzene rings is 2. The van der Waals surface area contributed by atoms with Crippen LogP contribution in [0.15, 0.2) is 48.0 Å². The van der Waals surface area contributed by atoms with Gasteiger partial charge in [0.1, 0.15) is 24.0 Å². The SMILES string of the molecule is Cc1cc(C)n(C(=O)/C(C#N)=C/c2cc(I)c(OCc3ccc(Cl)cc3)c(I)c2)n1. The fraction of sp³-hybridized carbons (Fsp3) is 0.136. The third-order valence-electron chi connectivity index (χ3n) is 4.18. The number of rotatable bonds is 5. The predicted molar refractivity (Wildman–Crippen MR) is 134 cm³/mol. The lowest BCUT2D eigenvalue weighted by atomic mass is 10.1. The van der Waals surface area contributed by atoms with E-state index in [9.17, 15) is 10.1 Å². The van der Waals surface area contributed by atoms with Crippen LogP contribution in [0.4, 0.5) is 0 Å². The molecule has 1 aromatic heterocycles. The summed E-state index contributed by atoms with van der Waals surface area (Å²) in [5.41, 5.74) is 3.19. The second-order valence-electron chi connectivity index (χ2n) is 6.54. The Morgan fingerprint density at radius 3 is 2.37 bits per heavy atom. The van der Waals surface area contributed by atoms with E-state index in [1.807, 2.05) is 42.5 Å². The summed E-state index contributed by atoms with van der Waals surface area (Å²) in [7, 11) is 0. The van der Waals surface area contributed by atoms with Gasteiger partial charge < -0.3 is 4.74 Å². The first-order valence-corrected chi connectivity index (χ1v) is 11.4. The third kappa shape index (κ3) is 5.42. The zero-order chi connectivity index (χ0) is 21.8. The van der Waals surface area contributed by atoms with Gasteiger partial charge in [-0.3, -0.25) is 4.79 Å². The number of hydrogen-bond acceptors (Lipinski definition) is 4. The van der Waals surface area contributed by atoms with E-state index in [4.69, 9.17) is 16.3 Å². The summed E-state index contributed by atoms with van der Waals surface area (Å²) >= 11 is 10.3. The molecule has 0 atom stereocenters. The molecule has 0 aliphatic heterocycles. The number of nitrogens with zero attached hydrogens (tertiary/aromatic N) is 3. The zero-order valence-electron chi connectivity index (χ0n) is 16.1. The summed E-state index contributed by atoms with van der Waals surface area (Å²) in [6, 6.07) is 15.0. The van der Waals surface area contributed by atoms with Gasteiger partial charge in [0.15, 0.2) is 0 Å². The third-order valence-corrected chi connectivity index (χ3v) is 6.04. The van der Waals surface area contributed by atoms with Gasteiger partial charge in [-0.05, 0) is 107 Å². The minimum absolute atomic E-state index is 0.0163. The molecule has 2 aromatic carbocycles. The van der Waals surface area contributed by atoms with Crippen LogP contribution in [0, 0.1) is 32.3 Å². The number of hydrogen-bond donors (Lipinski definition) is 0. The first-order valence-electron chi connectivity index (χ1n) is 8.84. The van der Waals surface area contributed by atoms with Crippen molar-refractivity contribution >= 4 is 68.8 Å². The average Bonchev–Trinajstić information content (AvgIpc) is 3.04. The predicted octanol–water partition coefficient (Wildman–Crippen LogP) is 6.19. The van der Waals surface area contributed by atoms with Crippen molar-refractivity contribution in [2.75, 3.05) is 0 Å². The average molecular weight is 644 g/mol. The molecule has 0 radical (unpaired) electrons. The molecular weight excluding hydrogens is 628 g/mol. The van der Waals surface area contributed by atoms with Crippen molar-refractivity contribution in [2.45, 2.75) is 20.5 Å². The van der Waals surface area contributed by atoms with Crippen molar-refractivity contribution in [3.05, 3.63) is 82.7 Å². The molecule has 0 saturated carbocycles. The molecule has 0 saturated heterocycles. The van der Waals surface area contributed by atoms with E-state index in [-0.39, 0.29) is 5.57 Å². The maximum absolute atomic E-state index is 12.7. The molecule has 152 valence electrons. The van der Waals surface area contributed by atoms with Crippen LogP contribution in [0.1, 0.15) is 27.3 Å². The second-order valence-corrected chi connectivity index (χ2v) is 9.30. The summed E-state index contributed by atoms with van der Waals surface area (Å²) in [6.45, 7) is 4.00. The summed E-state index contributed by atoms with van der Waals surface area (Å²) < 4.78 is 9.01. The highest BCUT2D eigenvalue weighted by atomic mass is 127. The van der Waals surface area contributed by atoms with E-state index < -0.39 is 5.91 Å². The lowest BCUT2D eigenvalue weighted by Gasteiger charge is -2.12.